The first kappa shape index (κ1) is 13.3. The number of benzene rings is 1. The summed E-state index contributed by atoms with van der Waals surface area (Å²) in [6.07, 6.45) is 0.362. The molecular weight excluding hydrogens is 245 g/mol. The lowest BCUT2D eigenvalue weighted by atomic mass is 10.2. The second-order valence-electron chi connectivity index (χ2n) is 4.41. The summed E-state index contributed by atoms with van der Waals surface area (Å²) in [5, 5.41) is 6.86. The molecule has 0 bridgehead atoms. The van der Waals surface area contributed by atoms with Crippen molar-refractivity contribution in [3.63, 3.8) is 0 Å². The molecule has 0 spiro atoms. The van der Waals surface area contributed by atoms with E-state index in [0.717, 1.165) is 11.4 Å². The molecular formula is C14H16FN3O. The molecule has 0 unspecified atom stereocenters. The number of anilines is 1. The third-order valence-electron chi connectivity index (χ3n) is 2.79. The summed E-state index contributed by atoms with van der Waals surface area (Å²) in [6, 6.07) is 6.47. The van der Waals surface area contributed by atoms with E-state index in [1.807, 2.05) is 19.9 Å². The van der Waals surface area contributed by atoms with E-state index in [4.69, 9.17) is 0 Å². The first-order chi connectivity index (χ1) is 9.01. The molecule has 0 aliphatic rings. The first-order valence-electron chi connectivity index (χ1n) is 6.14. The van der Waals surface area contributed by atoms with Crippen LogP contribution >= 0.6 is 0 Å². The average molecular weight is 261 g/mol. The molecule has 100 valence electrons. The molecule has 0 saturated carbocycles. The minimum Gasteiger partial charge on any atom is -0.326 e. The quantitative estimate of drug-likeness (QED) is 0.923. The molecule has 0 aliphatic carbocycles. The Morgan fingerprint density at radius 3 is 2.63 bits per heavy atom. The van der Waals surface area contributed by atoms with E-state index in [2.05, 4.69) is 10.4 Å². The maximum atomic E-state index is 14.1. The van der Waals surface area contributed by atoms with Crippen molar-refractivity contribution in [2.24, 2.45) is 0 Å². The monoisotopic (exact) mass is 261 g/mol. The SMILES string of the molecule is CCC(=O)Nc1ccc(-n2nc(C)cc2C)c(F)c1. The maximum absolute atomic E-state index is 14.1. The molecule has 1 aromatic heterocycles. The molecule has 1 N–H and O–H groups in total. The van der Waals surface area contributed by atoms with Crippen LogP contribution in [0, 0.1) is 19.7 Å². The van der Waals surface area contributed by atoms with Crippen molar-refractivity contribution in [1.82, 2.24) is 9.78 Å². The number of nitrogens with zero attached hydrogens (tertiary/aromatic N) is 2. The van der Waals surface area contributed by atoms with Gasteiger partial charge in [-0.2, -0.15) is 5.10 Å². The molecule has 0 fully saturated rings. The van der Waals surface area contributed by atoms with Gasteiger partial charge in [0.1, 0.15) is 5.69 Å². The van der Waals surface area contributed by atoms with Gasteiger partial charge < -0.3 is 5.32 Å². The van der Waals surface area contributed by atoms with Gasteiger partial charge in [0.25, 0.3) is 0 Å². The number of aryl methyl sites for hydroxylation is 2. The van der Waals surface area contributed by atoms with Crippen LogP contribution in [0.3, 0.4) is 0 Å². The molecule has 19 heavy (non-hydrogen) atoms. The first-order valence-corrected chi connectivity index (χ1v) is 6.14. The van der Waals surface area contributed by atoms with E-state index in [9.17, 15) is 9.18 Å². The smallest absolute Gasteiger partial charge is 0.224 e. The van der Waals surface area contributed by atoms with Gasteiger partial charge >= 0.3 is 0 Å². The number of hydrogen-bond donors (Lipinski definition) is 1. The van der Waals surface area contributed by atoms with Gasteiger partial charge in [-0.05, 0) is 38.1 Å². The minimum atomic E-state index is -0.417. The second kappa shape index (κ2) is 5.22. The number of carbonyl (C=O) groups is 1. The Morgan fingerprint density at radius 2 is 2.11 bits per heavy atom. The van der Waals surface area contributed by atoms with Crippen LogP contribution in [0.25, 0.3) is 5.69 Å². The van der Waals surface area contributed by atoms with Gasteiger partial charge in [-0.1, -0.05) is 6.92 Å². The van der Waals surface area contributed by atoms with Crippen LogP contribution < -0.4 is 5.32 Å². The Bertz CT molecular complexity index is 619. The third-order valence-corrected chi connectivity index (χ3v) is 2.79. The van der Waals surface area contributed by atoms with Gasteiger partial charge in [-0.25, -0.2) is 9.07 Å². The third kappa shape index (κ3) is 2.81. The van der Waals surface area contributed by atoms with Gasteiger partial charge in [-0.15, -0.1) is 0 Å². The largest absolute Gasteiger partial charge is 0.326 e. The summed E-state index contributed by atoms with van der Waals surface area (Å²) in [6.45, 7) is 5.47. The lowest BCUT2D eigenvalue weighted by Gasteiger charge is -2.08. The summed E-state index contributed by atoms with van der Waals surface area (Å²) < 4.78 is 15.6. The maximum Gasteiger partial charge on any atom is 0.224 e. The lowest BCUT2D eigenvalue weighted by Crippen LogP contribution is -2.10. The molecule has 0 saturated heterocycles. The molecule has 2 rings (SSSR count). The molecule has 0 radical (unpaired) electrons. The van der Waals surface area contributed by atoms with Crippen LogP contribution in [0.2, 0.25) is 0 Å². The zero-order valence-electron chi connectivity index (χ0n) is 11.2. The van der Waals surface area contributed by atoms with E-state index < -0.39 is 5.82 Å². The van der Waals surface area contributed by atoms with Crippen molar-refractivity contribution in [2.45, 2.75) is 27.2 Å². The Balaban J connectivity index is 2.34. The predicted octanol–water partition coefficient (Wildman–Crippen LogP) is 2.98. The van der Waals surface area contributed by atoms with Gasteiger partial charge in [0.2, 0.25) is 5.91 Å². The summed E-state index contributed by atoms with van der Waals surface area (Å²) in [5.74, 6) is -0.557. The van der Waals surface area contributed by atoms with Gasteiger partial charge in [0, 0.05) is 17.8 Å². The number of rotatable bonds is 3. The Hall–Kier alpha value is -2.17. The Kier molecular flexibility index (Phi) is 3.64. The Morgan fingerprint density at radius 1 is 1.37 bits per heavy atom. The fourth-order valence-electron chi connectivity index (χ4n) is 1.88. The highest BCUT2D eigenvalue weighted by atomic mass is 19.1. The van der Waals surface area contributed by atoms with Crippen LogP contribution in [0.15, 0.2) is 24.3 Å². The summed E-state index contributed by atoms with van der Waals surface area (Å²) in [5.41, 5.74) is 2.52. The molecule has 4 nitrogen and oxygen atoms in total. The topological polar surface area (TPSA) is 46.9 Å². The Labute approximate surface area is 111 Å². The number of halogens is 1. The van der Waals surface area contributed by atoms with Crippen molar-refractivity contribution >= 4 is 11.6 Å². The standard InChI is InChI=1S/C14H16FN3O/c1-4-14(19)16-11-5-6-13(12(15)8-11)18-10(3)7-9(2)17-18/h5-8H,4H2,1-3H3,(H,16,19). The summed E-state index contributed by atoms with van der Waals surface area (Å²) in [7, 11) is 0. The molecule has 1 heterocycles. The van der Waals surface area contributed by atoms with Crippen molar-refractivity contribution < 1.29 is 9.18 Å². The fourth-order valence-corrected chi connectivity index (χ4v) is 1.88. The molecule has 2 aromatic rings. The van der Waals surface area contributed by atoms with Crippen molar-refractivity contribution in [3.8, 4) is 5.69 Å². The molecule has 0 aliphatic heterocycles. The second-order valence-corrected chi connectivity index (χ2v) is 4.41. The number of nitrogens with one attached hydrogen (secondary N) is 1. The number of hydrogen-bond acceptors (Lipinski definition) is 2. The minimum absolute atomic E-state index is 0.140. The number of amides is 1. The van der Waals surface area contributed by atoms with E-state index in [1.165, 1.54) is 6.07 Å². The molecule has 0 atom stereocenters. The molecule has 1 amide bonds. The van der Waals surface area contributed by atoms with Crippen LogP contribution in [0.4, 0.5) is 10.1 Å². The number of aromatic nitrogens is 2. The molecule has 5 heteroatoms. The average Bonchev–Trinajstić information content (AvgIpc) is 2.68. The number of carbonyl (C=O) groups excluding carboxylic acids is 1. The van der Waals surface area contributed by atoms with Gasteiger partial charge in [-0.3, -0.25) is 4.79 Å². The van der Waals surface area contributed by atoms with E-state index in [1.54, 1.807) is 23.7 Å². The highest BCUT2D eigenvalue weighted by Gasteiger charge is 2.10. The van der Waals surface area contributed by atoms with Crippen molar-refractivity contribution in [3.05, 3.63) is 41.5 Å². The zero-order chi connectivity index (χ0) is 14.0. The van der Waals surface area contributed by atoms with Crippen LogP contribution in [0.1, 0.15) is 24.7 Å². The fraction of sp³-hybridized carbons (Fsp3) is 0.286. The summed E-state index contributed by atoms with van der Waals surface area (Å²) in [4.78, 5) is 11.3. The predicted molar refractivity (Wildman–Crippen MR) is 71.9 cm³/mol. The van der Waals surface area contributed by atoms with Crippen LogP contribution in [0.5, 0.6) is 0 Å². The van der Waals surface area contributed by atoms with Gasteiger partial charge in [0.05, 0.1) is 5.69 Å². The van der Waals surface area contributed by atoms with Crippen LogP contribution in [-0.2, 0) is 4.79 Å². The highest BCUT2D eigenvalue weighted by molar-refractivity contribution is 5.90. The summed E-state index contributed by atoms with van der Waals surface area (Å²) >= 11 is 0. The van der Waals surface area contributed by atoms with E-state index >= 15 is 0 Å². The van der Waals surface area contributed by atoms with E-state index in [0.29, 0.717) is 17.8 Å². The van der Waals surface area contributed by atoms with Crippen molar-refractivity contribution in [2.75, 3.05) is 5.32 Å². The lowest BCUT2D eigenvalue weighted by molar-refractivity contribution is -0.115. The van der Waals surface area contributed by atoms with E-state index in [-0.39, 0.29) is 5.91 Å². The van der Waals surface area contributed by atoms with Crippen molar-refractivity contribution in [1.29, 1.82) is 0 Å². The van der Waals surface area contributed by atoms with Crippen LogP contribution in [-0.4, -0.2) is 15.7 Å². The zero-order valence-corrected chi connectivity index (χ0v) is 11.2. The van der Waals surface area contributed by atoms with Gasteiger partial charge in [0.15, 0.2) is 5.82 Å². The normalized spacial score (nSPS) is 10.5. The highest BCUT2D eigenvalue weighted by Crippen LogP contribution is 2.20. The molecule has 1 aromatic carbocycles.